The van der Waals surface area contributed by atoms with Crippen LogP contribution in [-0.4, -0.2) is 65.2 Å². The van der Waals surface area contributed by atoms with Gasteiger partial charge in [0.1, 0.15) is 18.3 Å². The van der Waals surface area contributed by atoms with Gasteiger partial charge in [0, 0.05) is 0 Å². The van der Waals surface area contributed by atoms with Crippen molar-refractivity contribution in [2.45, 2.75) is 69.9 Å². The van der Waals surface area contributed by atoms with Crippen LogP contribution >= 0.6 is 0 Å². The van der Waals surface area contributed by atoms with Gasteiger partial charge in [0.15, 0.2) is 6.29 Å². The van der Waals surface area contributed by atoms with Crippen LogP contribution < -0.4 is 5.32 Å². The number of aliphatic hydroxyl groups is 3. The molecule has 4 N–H and O–H groups in total. The van der Waals surface area contributed by atoms with E-state index in [0.29, 0.717) is 6.54 Å². The van der Waals surface area contributed by atoms with Crippen LogP contribution in [0.3, 0.4) is 0 Å². The molecule has 1 fully saturated rings. The minimum Gasteiger partial charge on any atom is -0.394 e. The molecule has 0 aromatic rings. The SMILES string of the molecule is [CH2]C(C)O[C@H]1[C@H](O)[C@@H](CO)O[C@H](O)[C@@H]1NCCCCC. The smallest absolute Gasteiger partial charge is 0.173 e. The van der Waals surface area contributed by atoms with Crippen LogP contribution in [-0.2, 0) is 9.47 Å². The van der Waals surface area contributed by atoms with Crippen molar-refractivity contribution in [1.82, 2.24) is 5.32 Å². The molecule has 0 aromatic carbocycles. The molecule has 6 atom stereocenters. The molecule has 1 saturated heterocycles. The van der Waals surface area contributed by atoms with Crippen molar-refractivity contribution in [3.8, 4) is 0 Å². The molecule has 119 valence electrons. The summed E-state index contributed by atoms with van der Waals surface area (Å²) in [4.78, 5) is 0. The minimum atomic E-state index is -1.12. The minimum absolute atomic E-state index is 0.334. The lowest BCUT2D eigenvalue weighted by Crippen LogP contribution is -2.64. The molecule has 0 amide bonds. The molecule has 1 aliphatic heterocycles. The van der Waals surface area contributed by atoms with Crippen LogP contribution in [0.1, 0.15) is 33.1 Å². The first-order valence-corrected chi connectivity index (χ1v) is 7.35. The molecule has 6 heteroatoms. The molecule has 0 aliphatic carbocycles. The zero-order valence-electron chi connectivity index (χ0n) is 12.4. The Morgan fingerprint density at radius 2 is 2.05 bits per heavy atom. The Hall–Kier alpha value is -0.240. The Labute approximate surface area is 121 Å². The van der Waals surface area contributed by atoms with E-state index in [4.69, 9.17) is 9.47 Å². The average Bonchev–Trinajstić information content (AvgIpc) is 2.40. The highest BCUT2D eigenvalue weighted by atomic mass is 16.6. The van der Waals surface area contributed by atoms with Gasteiger partial charge >= 0.3 is 0 Å². The highest BCUT2D eigenvalue weighted by Crippen LogP contribution is 2.23. The van der Waals surface area contributed by atoms with E-state index < -0.39 is 30.6 Å². The molecule has 1 aliphatic rings. The van der Waals surface area contributed by atoms with Gasteiger partial charge in [0.05, 0.1) is 18.8 Å². The fourth-order valence-corrected chi connectivity index (χ4v) is 2.38. The lowest BCUT2D eigenvalue weighted by atomic mass is 9.96. The summed E-state index contributed by atoms with van der Waals surface area (Å²) < 4.78 is 10.8. The first-order valence-electron chi connectivity index (χ1n) is 7.35. The van der Waals surface area contributed by atoms with Crippen molar-refractivity contribution in [1.29, 1.82) is 0 Å². The molecule has 1 rings (SSSR count). The Kier molecular flexibility index (Phi) is 7.94. The molecule has 0 saturated carbocycles. The van der Waals surface area contributed by atoms with E-state index in [0.717, 1.165) is 19.3 Å². The van der Waals surface area contributed by atoms with Gasteiger partial charge < -0.3 is 30.1 Å². The van der Waals surface area contributed by atoms with Gasteiger partial charge in [-0.15, -0.1) is 0 Å². The zero-order valence-corrected chi connectivity index (χ0v) is 12.4. The number of unbranched alkanes of at least 4 members (excludes halogenated alkanes) is 2. The summed E-state index contributed by atoms with van der Waals surface area (Å²) in [6.45, 7) is 7.96. The van der Waals surface area contributed by atoms with Crippen molar-refractivity contribution < 1.29 is 24.8 Å². The average molecular weight is 290 g/mol. The second-order valence-electron chi connectivity index (χ2n) is 5.34. The van der Waals surface area contributed by atoms with Crippen LogP contribution in [0.2, 0.25) is 0 Å². The summed E-state index contributed by atoms with van der Waals surface area (Å²) >= 11 is 0. The van der Waals surface area contributed by atoms with Gasteiger partial charge in [-0.3, -0.25) is 0 Å². The van der Waals surface area contributed by atoms with Crippen molar-refractivity contribution in [2.75, 3.05) is 13.2 Å². The maximum Gasteiger partial charge on any atom is 0.173 e. The summed E-state index contributed by atoms with van der Waals surface area (Å²) in [5, 5.41) is 32.5. The highest BCUT2D eigenvalue weighted by molar-refractivity contribution is 4.94. The third kappa shape index (κ3) is 4.95. The number of hydrogen-bond acceptors (Lipinski definition) is 6. The Morgan fingerprint density at radius 1 is 1.35 bits per heavy atom. The van der Waals surface area contributed by atoms with E-state index >= 15 is 0 Å². The monoisotopic (exact) mass is 290 g/mol. The van der Waals surface area contributed by atoms with Crippen molar-refractivity contribution >= 4 is 0 Å². The van der Waals surface area contributed by atoms with Gasteiger partial charge in [0.2, 0.25) is 0 Å². The third-order valence-electron chi connectivity index (χ3n) is 3.42. The summed E-state index contributed by atoms with van der Waals surface area (Å²) in [6.07, 6.45) is -0.790. The quantitative estimate of drug-likeness (QED) is 0.463. The molecular weight excluding hydrogens is 262 g/mol. The summed E-state index contributed by atoms with van der Waals surface area (Å²) in [7, 11) is 0. The normalized spacial score (nSPS) is 34.6. The maximum absolute atomic E-state index is 10.2. The largest absolute Gasteiger partial charge is 0.394 e. The lowest BCUT2D eigenvalue weighted by molar-refractivity contribution is -0.266. The number of rotatable bonds is 8. The second-order valence-corrected chi connectivity index (χ2v) is 5.34. The van der Waals surface area contributed by atoms with Crippen LogP contribution in [0.4, 0.5) is 0 Å². The predicted molar refractivity (Wildman–Crippen MR) is 75.0 cm³/mol. The number of aliphatic hydroxyl groups excluding tert-OH is 3. The van der Waals surface area contributed by atoms with Gasteiger partial charge in [-0.1, -0.05) is 19.8 Å². The topological polar surface area (TPSA) is 91.2 Å². The number of ether oxygens (including phenoxy) is 2. The van der Waals surface area contributed by atoms with Gasteiger partial charge in [-0.2, -0.15) is 0 Å². The van der Waals surface area contributed by atoms with Crippen molar-refractivity contribution in [3.05, 3.63) is 6.92 Å². The summed E-state index contributed by atoms with van der Waals surface area (Å²) in [6, 6.07) is -0.533. The Bertz CT molecular complexity index is 264. The summed E-state index contributed by atoms with van der Waals surface area (Å²) in [5.41, 5.74) is 0. The number of nitrogens with one attached hydrogen (secondary N) is 1. The molecule has 20 heavy (non-hydrogen) atoms. The van der Waals surface area contributed by atoms with E-state index in [2.05, 4.69) is 19.2 Å². The standard InChI is InChI=1S/C14H28NO5/c1-4-5-6-7-15-11-13(19-9(2)3)12(17)10(8-16)20-14(11)18/h9-18H,2,4-8H2,1,3H3/t9?,10-,11-,12-,13-,14+/m1/s1. The van der Waals surface area contributed by atoms with Crippen LogP contribution in [0.5, 0.6) is 0 Å². The maximum atomic E-state index is 10.2. The molecule has 0 aromatic heterocycles. The van der Waals surface area contributed by atoms with Crippen molar-refractivity contribution in [3.63, 3.8) is 0 Å². The van der Waals surface area contributed by atoms with Crippen LogP contribution in [0, 0.1) is 6.92 Å². The third-order valence-corrected chi connectivity index (χ3v) is 3.42. The summed E-state index contributed by atoms with van der Waals surface area (Å²) in [5.74, 6) is 0. The predicted octanol–water partition coefficient (Wildman–Crippen LogP) is -0.187. The van der Waals surface area contributed by atoms with E-state index in [1.54, 1.807) is 6.92 Å². The van der Waals surface area contributed by atoms with Gasteiger partial charge in [-0.05, 0) is 26.8 Å². The molecule has 1 unspecified atom stereocenters. The molecule has 1 heterocycles. The number of hydrogen-bond donors (Lipinski definition) is 4. The molecule has 0 bridgehead atoms. The van der Waals surface area contributed by atoms with Crippen LogP contribution in [0.25, 0.3) is 0 Å². The van der Waals surface area contributed by atoms with Gasteiger partial charge in [0.25, 0.3) is 0 Å². The second kappa shape index (κ2) is 8.92. The highest BCUT2D eigenvalue weighted by Gasteiger charge is 2.45. The zero-order chi connectivity index (χ0) is 15.1. The molecule has 6 nitrogen and oxygen atoms in total. The molecular formula is C14H28NO5. The Morgan fingerprint density at radius 3 is 2.60 bits per heavy atom. The fraction of sp³-hybridized carbons (Fsp3) is 0.929. The van der Waals surface area contributed by atoms with Crippen molar-refractivity contribution in [2.24, 2.45) is 0 Å². The first kappa shape index (κ1) is 17.8. The van der Waals surface area contributed by atoms with Gasteiger partial charge in [-0.25, -0.2) is 0 Å². The molecule has 1 radical (unpaired) electrons. The van der Waals surface area contributed by atoms with E-state index in [1.165, 1.54) is 0 Å². The first-order chi connectivity index (χ1) is 9.51. The van der Waals surface area contributed by atoms with E-state index in [1.807, 2.05) is 0 Å². The van der Waals surface area contributed by atoms with Crippen LogP contribution in [0.15, 0.2) is 0 Å². The lowest BCUT2D eigenvalue weighted by Gasteiger charge is -2.43. The fourth-order valence-electron chi connectivity index (χ4n) is 2.38. The molecule has 0 spiro atoms. The van der Waals surface area contributed by atoms with E-state index in [9.17, 15) is 15.3 Å². The Balaban J connectivity index is 2.65. The van der Waals surface area contributed by atoms with E-state index in [-0.39, 0.29) is 12.7 Å².